The SMILES string of the molecule is CN1C(C2(C)CCNCC2)=NOC1[C@@H]1C[C@@H]1F. The summed E-state index contributed by atoms with van der Waals surface area (Å²) in [6.07, 6.45) is 1.88. The molecule has 0 spiro atoms. The summed E-state index contributed by atoms with van der Waals surface area (Å²) < 4.78 is 13.1. The third-order valence-electron chi connectivity index (χ3n) is 4.33. The van der Waals surface area contributed by atoms with E-state index in [0.717, 1.165) is 31.8 Å². The summed E-state index contributed by atoms with van der Waals surface area (Å²) in [4.78, 5) is 7.50. The molecular weight excluding hydrogens is 221 g/mol. The molecule has 2 heterocycles. The monoisotopic (exact) mass is 241 g/mol. The summed E-state index contributed by atoms with van der Waals surface area (Å²) in [7, 11) is 1.98. The van der Waals surface area contributed by atoms with E-state index in [1.807, 2.05) is 7.05 Å². The molecule has 0 bridgehead atoms. The van der Waals surface area contributed by atoms with Gasteiger partial charge in [-0.3, -0.25) is 0 Å². The minimum Gasteiger partial charge on any atom is -0.368 e. The number of nitrogens with zero attached hydrogens (tertiary/aromatic N) is 2. The molecule has 3 aliphatic rings. The smallest absolute Gasteiger partial charge is 0.206 e. The molecule has 1 saturated heterocycles. The molecule has 1 N–H and O–H groups in total. The average molecular weight is 241 g/mol. The zero-order chi connectivity index (χ0) is 12.0. The van der Waals surface area contributed by atoms with Gasteiger partial charge in [-0.1, -0.05) is 12.1 Å². The van der Waals surface area contributed by atoms with Crippen molar-refractivity contribution in [3.05, 3.63) is 0 Å². The molecule has 1 saturated carbocycles. The minimum atomic E-state index is -0.696. The summed E-state index contributed by atoms with van der Waals surface area (Å²) in [5.41, 5.74) is 0.0788. The largest absolute Gasteiger partial charge is 0.368 e. The van der Waals surface area contributed by atoms with Crippen molar-refractivity contribution in [3.63, 3.8) is 0 Å². The van der Waals surface area contributed by atoms with E-state index in [2.05, 4.69) is 22.3 Å². The molecule has 0 radical (unpaired) electrons. The lowest BCUT2D eigenvalue weighted by Crippen LogP contribution is -2.47. The zero-order valence-corrected chi connectivity index (χ0v) is 10.4. The Hall–Kier alpha value is -0.840. The van der Waals surface area contributed by atoms with Crippen LogP contribution in [0.25, 0.3) is 0 Å². The number of piperidine rings is 1. The molecule has 0 aromatic carbocycles. The van der Waals surface area contributed by atoms with Crippen LogP contribution >= 0.6 is 0 Å². The van der Waals surface area contributed by atoms with Gasteiger partial charge in [-0.15, -0.1) is 0 Å². The summed E-state index contributed by atoms with van der Waals surface area (Å²) in [5, 5.41) is 7.59. The quantitative estimate of drug-likeness (QED) is 0.792. The van der Waals surface area contributed by atoms with E-state index >= 15 is 0 Å². The molecule has 3 atom stereocenters. The predicted molar refractivity (Wildman–Crippen MR) is 63.3 cm³/mol. The number of nitrogens with one attached hydrogen (secondary N) is 1. The standard InChI is InChI=1S/C12H20FN3O/c1-12(3-5-14-6-4-12)11-15-17-10(16(11)2)8-7-9(8)13/h8-10,14H,3-7H2,1-2H3/t8-,9+,10?/m1/s1. The van der Waals surface area contributed by atoms with Gasteiger partial charge in [-0.2, -0.15) is 0 Å². The van der Waals surface area contributed by atoms with Crippen molar-refractivity contribution in [1.29, 1.82) is 0 Å². The number of rotatable bonds is 2. The van der Waals surface area contributed by atoms with Crippen molar-refractivity contribution in [2.45, 2.75) is 38.6 Å². The second kappa shape index (κ2) is 3.83. The number of alkyl halides is 1. The first kappa shape index (κ1) is 11.3. The first-order valence-corrected chi connectivity index (χ1v) is 6.44. The predicted octanol–water partition coefficient (Wildman–Crippen LogP) is 1.34. The Bertz CT molecular complexity index is 341. The highest BCUT2D eigenvalue weighted by atomic mass is 19.1. The average Bonchev–Trinajstić information content (AvgIpc) is 2.88. The molecular formula is C12H20FN3O. The van der Waals surface area contributed by atoms with Crippen LogP contribution < -0.4 is 5.32 Å². The molecule has 2 fully saturated rings. The fraction of sp³-hybridized carbons (Fsp3) is 0.917. The van der Waals surface area contributed by atoms with Crippen LogP contribution in [0.15, 0.2) is 5.16 Å². The van der Waals surface area contributed by atoms with Gasteiger partial charge < -0.3 is 15.1 Å². The van der Waals surface area contributed by atoms with Gasteiger partial charge >= 0.3 is 0 Å². The van der Waals surface area contributed by atoms with E-state index in [1.54, 1.807) is 0 Å². The molecule has 17 heavy (non-hydrogen) atoms. The molecule has 0 aromatic heterocycles. The fourth-order valence-electron chi connectivity index (χ4n) is 2.94. The topological polar surface area (TPSA) is 36.9 Å². The summed E-state index contributed by atoms with van der Waals surface area (Å²) in [6, 6.07) is 0. The van der Waals surface area contributed by atoms with Crippen molar-refractivity contribution in [2.75, 3.05) is 20.1 Å². The Morgan fingerprint density at radius 1 is 1.47 bits per heavy atom. The van der Waals surface area contributed by atoms with E-state index in [1.165, 1.54) is 0 Å². The highest BCUT2D eigenvalue weighted by Gasteiger charge is 2.52. The maximum atomic E-state index is 13.1. The van der Waals surface area contributed by atoms with Gasteiger partial charge in [0.1, 0.15) is 6.17 Å². The van der Waals surface area contributed by atoms with E-state index in [0.29, 0.717) is 6.42 Å². The molecule has 0 amide bonds. The van der Waals surface area contributed by atoms with Crippen LogP contribution in [0.1, 0.15) is 26.2 Å². The third-order valence-corrected chi connectivity index (χ3v) is 4.33. The van der Waals surface area contributed by atoms with Gasteiger partial charge in [0, 0.05) is 12.5 Å². The Morgan fingerprint density at radius 3 is 2.71 bits per heavy atom. The Labute approximate surface area is 101 Å². The zero-order valence-electron chi connectivity index (χ0n) is 10.4. The van der Waals surface area contributed by atoms with Crippen LogP contribution in [0.4, 0.5) is 4.39 Å². The maximum absolute atomic E-state index is 13.1. The molecule has 5 heteroatoms. The molecule has 1 aliphatic carbocycles. The minimum absolute atomic E-state index is 0.0200. The van der Waals surface area contributed by atoms with Gasteiger partial charge in [-0.25, -0.2) is 4.39 Å². The molecule has 4 nitrogen and oxygen atoms in total. The third kappa shape index (κ3) is 1.80. The second-order valence-corrected chi connectivity index (χ2v) is 5.75. The van der Waals surface area contributed by atoms with Crippen LogP contribution in [0.5, 0.6) is 0 Å². The lowest BCUT2D eigenvalue weighted by Gasteiger charge is -2.36. The van der Waals surface area contributed by atoms with Crippen LogP contribution in [0.2, 0.25) is 0 Å². The number of amidine groups is 1. The summed E-state index contributed by atoms with van der Waals surface area (Å²) in [5.74, 6) is 1.02. The van der Waals surface area contributed by atoms with Crippen molar-refractivity contribution in [2.24, 2.45) is 16.5 Å². The number of hydrogen-bond donors (Lipinski definition) is 1. The highest BCUT2D eigenvalue weighted by Crippen LogP contribution is 2.43. The maximum Gasteiger partial charge on any atom is 0.206 e. The second-order valence-electron chi connectivity index (χ2n) is 5.75. The molecule has 3 rings (SSSR count). The summed E-state index contributed by atoms with van der Waals surface area (Å²) >= 11 is 0. The van der Waals surface area contributed by atoms with E-state index in [9.17, 15) is 4.39 Å². The fourth-order valence-corrected chi connectivity index (χ4v) is 2.94. The lowest BCUT2D eigenvalue weighted by molar-refractivity contribution is -0.00214. The Balaban J connectivity index is 1.72. The number of oxime groups is 1. The number of halogens is 1. The lowest BCUT2D eigenvalue weighted by atomic mass is 9.79. The summed E-state index contributed by atoms with van der Waals surface area (Å²) in [6.45, 7) is 4.27. The van der Waals surface area contributed by atoms with Crippen LogP contribution in [-0.2, 0) is 4.84 Å². The first-order valence-electron chi connectivity index (χ1n) is 6.44. The number of hydrogen-bond acceptors (Lipinski definition) is 4. The van der Waals surface area contributed by atoms with Crippen molar-refractivity contribution >= 4 is 5.84 Å². The van der Waals surface area contributed by atoms with Crippen molar-refractivity contribution < 1.29 is 9.23 Å². The molecule has 96 valence electrons. The van der Waals surface area contributed by atoms with Crippen LogP contribution in [-0.4, -0.2) is 43.3 Å². The van der Waals surface area contributed by atoms with Gasteiger partial charge in [0.25, 0.3) is 0 Å². The van der Waals surface area contributed by atoms with Crippen molar-refractivity contribution in [3.8, 4) is 0 Å². The normalized spacial score (nSPS) is 39.8. The van der Waals surface area contributed by atoms with Gasteiger partial charge in [0.15, 0.2) is 5.84 Å². The molecule has 1 unspecified atom stereocenters. The van der Waals surface area contributed by atoms with E-state index in [4.69, 9.17) is 4.84 Å². The van der Waals surface area contributed by atoms with Crippen molar-refractivity contribution in [1.82, 2.24) is 10.2 Å². The van der Waals surface area contributed by atoms with Crippen LogP contribution in [0, 0.1) is 11.3 Å². The highest BCUT2D eigenvalue weighted by molar-refractivity contribution is 5.88. The van der Waals surface area contributed by atoms with Gasteiger partial charge in [0.05, 0.1) is 5.92 Å². The van der Waals surface area contributed by atoms with Crippen LogP contribution in [0.3, 0.4) is 0 Å². The molecule has 2 aliphatic heterocycles. The Morgan fingerprint density at radius 2 is 2.12 bits per heavy atom. The Kier molecular flexibility index (Phi) is 2.54. The van der Waals surface area contributed by atoms with Gasteiger partial charge in [-0.05, 0) is 32.4 Å². The van der Waals surface area contributed by atoms with Gasteiger partial charge in [0.2, 0.25) is 6.23 Å². The van der Waals surface area contributed by atoms with E-state index < -0.39 is 6.17 Å². The molecule has 0 aromatic rings. The first-order chi connectivity index (χ1) is 8.12. The van der Waals surface area contributed by atoms with E-state index in [-0.39, 0.29) is 17.6 Å².